The van der Waals surface area contributed by atoms with Crippen molar-refractivity contribution in [3.63, 3.8) is 0 Å². The molecular weight excluding hydrogens is 482 g/mol. The molecule has 1 amide bonds. The van der Waals surface area contributed by atoms with E-state index in [-0.39, 0.29) is 18.0 Å². The van der Waals surface area contributed by atoms with Crippen LogP contribution in [0.2, 0.25) is 0 Å². The summed E-state index contributed by atoms with van der Waals surface area (Å²) in [6.07, 6.45) is 0.999. The van der Waals surface area contributed by atoms with Gasteiger partial charge in [0.15, 0.2) is 5.82 Å². The lowest BCUT2D eigenvalue weighted by Crippen LogP contribution is -2.34. The molecule has 2 aromatic heterocycles. The van der Waals surface area contributed by atoms with Crippen molar-refractivity contribution in [1.29, 1.82) is 0 Å². The zero-order valence-electron chi connectivity index (χ0n) is 22.8. The first-order chi connectivity index (χ1) is 17.5. The van der Waals surface area contributed by atoms with E-state index in [2.05, 4.69) is 79.6 Å². The van der Waals surface area contributed by atoms with Gasteiger partial charge in [-0.15, -0.1) is 5.10 Å². The van der Waals surface area contributed by atoms with Crippen molar-refractivity contribution in [2.75, 3.05) is 42.8 Å². The predicted molar refractivity (Wildman–Crippen MR) is 155 cm³/mol. The number of fused-ring (bicyclic) bond motifs is 1. The van der Waals surface area contributed by atoms with E-state index in [4.69, 9.17) is 10.1 Å². The molecule has 4 rings (SSSR count). The van der Waals surface area contributed by atoms with Gasteiger partial charge in [0, 0.05) is 44.5 Å². The molecule has 4 aromatic rings. The minimum Gasteiger partial charge on any atom is -0.378 e. The van der Waals surface area contributed by atoms with Crippen LogP contribution in [-0.4, -0.2) is 53.7 Å². The number of carbonyl (C=O) groups excluding carboxylic acids is 1. The fourth-order valence-corrected chi connectivity index (χ4v) is 4.77. The number of nitrogens with zero attached hydrogens (tertiary/aromatic N) is 5. The summed E-state index contributed by atoms with van der Waals surface area (Å²) in [5, 5.41) is 12.2. The molecule has 0 aliphatic rings. The van der Waals surface area contributed by atoms with Crippen molar-refractivity contribution in [2.24, 2.45) is 0 Å². The Morgan fingerprint density at radius 2 is 1.65 bits per heavy atom. The molecule has 0 fully saturated rings. The van der Waals surface area contributed by atoms with Crippen molar-refractivity contribution in [1.82, 2.24) is 19.9 Å². The van der Waals surface area contributed by atoms with Crippen molar-refractivity contribution in [3.05, 3.63) is 59.7 Å². The number of rotatable bonds is 9. The molecule has 0 bridgehead atoms. The van der Waals surface area contributed by atoms with Crippen LogP contribution in [0.1, 0.15) is 38.8 Å². The zero-order valence-corrected chi connectivity index (χ0v) is 23.6. The quantitative estimate of drug-likeness (QED) is 0.322. The topological polar surface area (TPSA) is 77.8 Å². The van der Waals surface area contributed by atoms with Gasteiger partial charge in [0.25, 0.3) is 0 Å². The number of anilines is 3. The monoisotopic (exact) mass is 519 g/mol. The molecule has 8 nitrogen and oxygen atoms in total. The molecule has 0 atom stereocenters. The van der Waals surface area contributed by atoms with E-state index in [9.17, 15) is 4.79 Å². The van der Waals surface area contributed by atoms with Crippen LogP contribution in [0.25, 0.3) is 16.2 Å². The first-order valence-corrected chi connectivity index (χ1v) is 13.4. The highest BCUT2D eigenvalue weighted by molar-refractivity contribution is 7.20. The highest BCUT2D eigenvalue weighted by Crippen LogP contribution is 2.34. The summed E-state index contributed by atoms with van der Waals surface area (Å²) in [5.41, 5.74) is 5.24. The van der Waals surface area contributed by atoms with Crippen LogP contribution >= 0.6 is 11.3 Å². The Morgan fingerprint density at radius 3 is 2.24 bits per heavy atom. The number of amides is 1. The second-order valence-corrected chi connectivity index (χ2v) is 11.4. The Bertz CT molecular complexity index is 1350. The highest BCUT2D eigenvalue weighted by atomic mass is 32.1. The summed E-state index contributed by atoms with van der Waals surface area (Å²) >= 11 is 1.47. The van der Waals surface area contributed by atoms with Crippen LogP contribution in [-0.2, 0) is 17.8 Å². The second kappa shape index (κ2) is 10.8. The summed E-state index contributed by atoms with van der Waals surface area (Å²) in [4.78, 5) is 22.3. The largest absolute Gasteiger partial charge is 0.378 e. The lowest BCUT2D eigenvalue weighted by molar-refractivity contribution is -0.119. The fourth-order valence-electron chi connectivity index (χ4n) is 3.91. The summed E-state index contributed by atoms with van der Waals surface area (Å²) in [6.45, 7) is 9.20. The van der Waals surface area contributed by atoms with Gasteiger partial charge in [-0.3, -0.25) is 4.79 Å². The SMILES string of the molecule is CCc1ccc(-c2nc3sc(N(C)CC(=O)NCc4ccc(N(C)C)cc4)nn3c2NC(C)(C)C)cc1. The molecule has 0 aliphatic carbocycles. The molecule has 2 heterocycles. The van der Waals surface area contributed by atoms with E-state index in [1.54, 1.807) is 0 Å². The zero-order chi connectivity index (χ0) is 26.7. The number of hydrogen-bond acceptors (Lipinski definition) is 7. The molecule has 2 N–H and O–H groups in total. The van der Waals surface area contributed by atoms with Crippen LogP contribution < -0.4 is 20.4 Å². The Morgan fingerprint density at radius 1 is 1.00 bits per heavy atom. The number of hydrogen-bond donors (Lipinski definition) is 2. The Balaban J connectivity index is 1.49. The van der Waals surface area contributed by atoms with Gasteiger partial charge in [0.05, 0.1) is 6.54 Å². The van der Waals surface area contributed by atoms with Crippen molar-refractivity contribution in [3.8, 4) is 11.3 Å². The number of imidazole rings is 1. The van der Waals surface area contributed by atoms with Crippen LogP contribution in [0.3, 0.4) is 0 Å². The molecule has 0 saturated heterocycles. The normalized spacial score (nSPS) is 11.5. The number of likely N-dealkylation sites (N-methyl/N-ethyl adjacent to an activating group) is 1. The van der Waals surface area contributed by atoms with Gasteiger partial charge in [-0.2, -0.15) is 4.52 Å². The third-order valence-electron chi connectivity index (χ3n) is 5.97. The Hall–Kier alpha value is -3.59. The molecule has 0 saturated carbocycles. The average Bonchev–Trinajstić information content (AvgIpc) is 3.41. The van der Waals surface area contributed by atoms with E-state index in [1.807, 2.05) is 42.7 Å². The minimum absolute atomic E-state index is 0.0585. The van der Waals surface area contributed by atoms with Gasteiger partial charge in [0.1, 0.15) is 5.69 Å². The Labute approximate surface area is 223 Å². The molecule has 196 valence electrons. The number of aryl methyl sites for hydroxylation is 1. The van der Waals surface area contributed by atoms with Crippen molar-refractivity contribution in [2.45, 2.75) is 46.2 Å². The van der Waals surface area contributed by atoms with Crippen LogP contribution in [0, 0.1) is 0 Å². The smallest absolute Gasteiger partial charge is 0.239 e. The Kier molecular flexibility index (Phi) is 7.73. The average molecular weight is 520 g/mol. The maximum atomic E-state index is 12.7. The van der Waals surface area contributed by atoms with Gasteiger partial charge in [-0.05, 0) is 50.5 Å². The van der Waals surface area contributed by atoms with E-state index >= 15 is 0 Å². The van der Waals surface area contributed by atoms with Gasteiger partial charge in [-0.25, -0.2) is 4.98 Å². The molecular formula is C28H37N7OS. The van der Waals surface area contributed by atoms with E-state index < -0.39 is 0 Å². The number of nitrogens with one attached hydrogen (secondary N) is 2. The molecule has 0 spiro atoms. The summed E-state index contributed by atoms with van der Waals surface area (Å²) in [7, 11) is 5.90. The molecule has 9 heteroatoms. The fraction of sp³-hybridized carbons (Fsp3) is 0.393. The van der Waals surface area contributed by atoms with Gasteiger partial charge in [0.2, 0.25) is 16.0 Å². The first-order valence-electron chi connectivity index (χ1n) is 12.5. The molecule has 2 aromatic carbocycles. The number of aromatic nitrogens is 3. The highest BCUT2D eigenvalue weighted by Gasteiger charge is 2.23. The standard InChI is InChI=1S/C28H37N7OS/c1-8-19-9-13-21(14-10-19)24-25(31-28(2,3)4)35-26(30-24)37-27(32-35)34(7)18-23(36)29-17-20-11-15-22(16-12-20)33(5)6/h9-16,31H,8,17-18H2,1-7H3,(H,29,36). The van der Waals surface area contributed by atoms with Crippen molar-refractivity contribution >= 4 is 38.8 Å². The van der Waals surface area contributed by atoms with E-state index in [0.717, 1.165) is 44.8 Å². The van der Waals surface area contributed by atoms with Crippen LogP contribution in [0.15, 0.2) is 48.5 Å². The third kappa shape index (κ3) is 6.40. The second-order valence-electron chi connectivity index (χ2n) is 10.5. The van der Waals surface area contributed by atoms with Gasteiger partial charge < -0.3 is 20.4 Å². The molecule has 37 heavy (non-hydrogen) atoms. The lowest BCUT2D eigenvalue weighted by Gasteiger charge is -2.22. The maximum Gasteiger partial charge on any atom is 0.239 e. The summed E-state index contributed by atoms with van der Waals surface area (Å²) < 4.78 is 1.86. The molecule has 0 radical (unpaired) electrons. The number of carbonyl (C=O) groups is 1. The van der Waals surface area contributed by atoms with Gasteiger partial charge in [-0.1, -0.05) is 54.7 Å². The predicted octanol–water partition coefficient (Wildman–Crippen LogP) is 5.05. The lowest BCUT2D eigenvalue weighted by atomic mass is 10.1. The summed E-state index contributed by atoms with van der Waals surface area (Å²) in [6, 6.07) is 16.7. The van der Waals surface area contributed by atoms with Gasteiger partial charge >= 0.3 is 0 Å². The van der Waals surface area contributed by atoms with E-state index in [1.165, 1.54) is 16.9 Å². The first kappa shape index (κ1) is 26.5. The van der Waals surface area contributed by atoms with Crippen LogP contribution in [0.4, 0.5) is 16.6 Å². The molecule has 0 aliphatic heterocycles. The maximum absolute atomic E-state index is 12.7. The third-order valence-corrected chi connectivity index (χ3v) is 6.99. The minimum atomic E-state index is -0.172. The van der Waals surface area contributed by atoms with E-state index in [0.29, 0.717) is 6.54 Å². The van der Waals surface area contributed by atoms with Crippen molar-refractivity contribution < 1.29 is 4.79 Å². The van der Waals surface area contributed by atoms with Crippen LogP contribution in [0.5, 0.6) is 0 Å². The number of benzene rings is 2. The molecule has 0 unspecified atom stereocenters. The summed E-state index contributed by atoms with van der Waals surface area (Å²) in [5.74, 6) is 0.796.